The van der Waals surface area contributed by atoms with Crippen molar-refractivity contribution in [2.75, 3.05) is 212 Å². The van der Waals surface area contributed by atoms with E-state index in [1.165, 1.54) is 178 Å². The summed E-state index contributed by atoms with van der Waals surface area (Å²) in [6.07, 6.45) is 25.9. The van der Waals surface area contributed by atoms with E-state index in [1.807, 2.05) is 56.9 Å². The Balaban J connectivity index is -0.000000452. The zero-order valence-electron chi connectivity index (χ0n) is 92.9. The van der Waals surface area contributed by atoms with Crippen molar-refractivity contribution < 1.29 is 83.6 Å². The van der Waals surface area contributed by atoms with Gasteiger partial charge in [0.05, 0.1) is 43.1 Å². The van der Waals surface area contributed by atoms with E-state index in [-0.39, 0.29) is 19.0 Å². The second kappa shape index (κ2) is 91.9. The number of halogens is 7. The Bertz CT molecular complexity index is 2840. The van der Waals surface area contributed by atoms with E-state index in [4.69, 9.17) is 44.5 Å². The van der Waals surface area contributed by atoms with Gasteiger partial charge in [0.25, 0.3) is 0 Å². The molecule has 13 rings (SSSR count). The van der Waals surface area contributed by atoms with E-state index in [1.54, 1.807) is 40.2 Å². The monoisotopic (exact) mass is 1990 g/mol. The Kier molecular flexibility index (Phi) is 95.7. The molecule has 0 aromatic heterocycles. The summed E-state index contributed by atoms with van der Waals surface area (Å²) in [5.41, 5.74) is 1.34. The summed E-state index contributed by atoms with van der Waals surface area (Å²) >= 11 is 0. The van der Waals surface area contributed by atoms with Gasteiger partial charge in [0, 0.05) is 111 Å². The topological polar surface area (TPSA) is 204 Å². The van der Waals surface area contributed by atoms with Gasteiger partial charge in [-0.1, -0.05) is 217 Å². The molecule has 2 saturated carbocycles. The highest BCUT2D eigenvalue weighted by Gasteiger charge is 2.34. The molecule has 2 aromatic rings. The van der Waals surface area contributed by atoms with Crippen LogP contribution in [0.3, 0.4) is 0 Å². The van der Waals surface area contributed by atoms with Crippen molar-refractivity contribution in [2.45, 2.75) is 367 Å². The highest BCUT2D eigenvalue weighted by atomic mass is 32.2. The van der Waals surface area contributed by atoms with Gasteiger partial charge in [0.1, 0.15) is 6.67 Å². The lowest BCUT2D eigenvalue weighted by Gasteiger charge is -2.33. The summed E-state index contributed by atoms with van der Waals surface area (Å²) < 4.78 is 124. The number of benzene rings is 2. The SMILES string of the molecule is CC1CCC(CO)CC1.CC1CCN(C)CC1.CC1CCN(C2CC2)CC1.CC1CCN(CC(F)(F)F)CC1.CC1CCN(CCF)CC1.CC1CN(C)C1.CC1CNC1.CCC(C)(C)O.CCC1CCOC1.CCC1COC1.CCCC(C)(C)O.CCCCO.CCCCOC.CCCO.CCCOC.CCc1ccccc1.CS(=O)(=O)Cc1ccccc1.C[C@@H]1CCN(CCC(F)(F)F)C1. The lowest BCUT2D eigenvalue weighted by Crippen LogP contribution is -2.41. The normalized spacial score (nSPS) is 20.8. The molecule has 6 N–H and O–H groups in total. The van der Waals surface area contributed by atoms with E-state index in [0.29, 0.717) is 57.2 Å². The van der Waals surface area contributed by atoms with Crippen LogP contribution in [-0.2, 0) is 41.0 Å². The first-order valence-corrected chi connectivity index (χ1v) is 56.0. The Morgan fingerprint density at radius 1 is 0.438 bits per heavy atom. The summed E-state index contributed by atoms with van der Waals surface area (Å²) in [7, 11) is 4.92. The zero-order chi connectivity index (χ0) is 105. The number of hydrogen-bond acceptors (Lipinski definition) is 18. The molecule has 9 heterocycles. The van der Waals surface area contributed by atoms with Crippen molar-refractivity contribution in [3.05, 3.63) is 71.8 Å². The maximum atomic E-state index is 11.9. The Hall–Kier alpha value is -2.74. The van der Waals surface area contributed by atoms with Crippen LogP contribution in [0.4, 0.5) is 30.7 Å². The number of nitrogens with one attached hydrogen (secondary N) is 1. The summed E-state index contributed by atoms with van der Waals surface area (Å²) in [6.45, 7) is 66.4. The van der Waals surface area contributed by atoms with Crippen LogP contribution in [0.2, 0.25) is 0 Å². The van der Waals surface area contributed by atoms with Crippen molar-refractivity contribution >= 4 is 9.84 Å². The van der Waals surface area contributed by atoms with E-state index in [0.717, 1.165) is 195 Å². The van der Waals surface area contributed by atoms with Crippen LogP contribution in [0.1, 0.15) is 336 Å². The number of unbranched alkanes of at least 4 members (excludes halogenated alkanes) is 2. The first-order valence-electron chi connectivity index (χ1n) is 53.9. The maximum Gasteiger partial charge on any atom is 0.401 e. The van der Waals surface area contributed by atoms with Gasteiger partial charge in [0.15, 0.2) is 9.84 Å². The highest BCUT2D eigenvalue weighted by molar-refractivity contribution is 7.89. The lowest BCUT2D eigenvalue weighted by atomic mass is 9.84. The number of nitrogens with zero attached hydrogens (tertiary/aromatic N) is 6. The number of sulfone groups is 1. The number of alkyl halides is 7. The van der Waals surface area contributed by atoms with Crippen LogP contribution < -0.4 is 5.32 Å². The minimum Gasteiger partial charge on any atom is -0.396 e. The van der Waals surface area contributed by atoms with Crippen molar-refractivity contribution in [1.82, 2.24) is 34.7 Å². The first kappa shape index (κ1) is 143. The van der Waals surface area contributed by atoms with Crippen molar-refractivity contribution in [3.8, 4) is 0 Å². The molecule has 9 saturated heterocycles. The number of likely N-dealkylation sites (tertiary alicyclic amines) is 6. The van der Waals surface area contributed by atoms with Gasteiger partial charge in [0.2, 0.25) is 0 Å². The number of rotatable bonds is 23. The molecular weight excluding hydrogens is 1770 g/mol. The highest BCUT2D eigenvalue weighted by Crippen LogP contribution is 2.32. The fourth-order valence-electron chi connectivity index (χ4n) is 14.6. The van der Waals surface area contributed by atoms with Gasteiger partial charge < -0.3 is 74.3 Å². The fourth-order valence-corrected chi connectivity index (χ4v) is 15.4. The second-order valence-corrected chi connectivity index (χ2v) is 44.0. The minimum absolute atomic E-state index is 0.133. The smallest absolute Gasteiger partial charge is 0.396 e. The quantitative estimate of drug-likeness (QED) is 0.0452. The van der Waals surface area contributed by atoms with Crippen LogP contribution in [0, 0.1) is 65.1 Å². The summed E-state index contributed by atoms with van der Waals surface area (Å²) in [6, 6.07) is 20.6. The Morgan fingerprint density at radius 3 is 1.10 bits per heavy atom. The lowest BCUT2D eigenvalue weighted by molar-refractivity contribution is -0.148. The number of aliphatic hydroxyl groups is 5. The fraction of sp³-hybridized carbons (Fsp3) is 0.892. The first-order chi connectivity index (χ1) is 64.6. The van der Waals surface area contributed by atoms with Gasteiger partial charge in [-0.25, -0.2) is 12.8 Å². The molecule has 26 heteroatoms. The van der Waals surface area contributed by atoms with Gasteiger partial charge >= 0.3 is 12.4 Å². The molecule has 0 amide bonds. The minimum atomic E-state index is -4.03. The van der Waals surface area contributed by atoms with Crippen molar-refractivity contribution in [2.24, 2.45) is 65.1 Å². The second-order valence-electron chi connectivity index (χ2n) is 41.9. The molecule has 18 nitrogen and oxygen atoms in total. The summed E-state index contributed by atoms with van der Waals surface area (Å²) in [5, 5.41) is 45.7. The zero-order valence-corrected chi connectivity index (χ0v) is 93.7. The van der Waals surface area contributed by atoms with Crippen LogP contribution in [0.15, 0.2) is 60.7 Å². The van der Waals surface area contributed by atoms with Gasteiger partial charge in [-0.3, -0.25) is 4.90 Å². The summed E-state index contributed by atoms with van der Waals surface area (Å²) in [4.78, 5) is 13.0. The summed E-state index contributed by atoms with van der Waals surface area (Å²) in [5.74, 6) is 9.35. The number of aryl methyl sites for hydroxylation is 1. The predicted octanol–water partition coefficient (Wildman–Crippen LogP) is 24.4. The molecule has 0 spiro atoms. The molecule has 11 aliphatic rings. The molecular formula is C111H220F7N7O11S. The van der Waals surface area contributed by atoms with Crippen molar-refractivity contribution in [1.29, 1.82) is 0 Å². The maximum absolute atomic E-state index is 11.9. The van der Waals surface area contributed by atoms with Crippen molar-refractivity contribution in [3.63, 3.8) is 0 Å². The molecule has 820 valence electrons. The molecule has 0 radical (unpaired) electrons. The van der Waals surface area contributed by atoms with Crippen LogP contribution in [0.5, 0.6) is 0 Å². The van der Waals surface area contributed by atoms with Crippen LogP contribution in [-0.4, -0.2) is 305 Å². The number of ether oxygens (including phenoxy) is 4. The molecule has 11 fully saturated rings. The number of piperidine rings is 4. The van der Waals surface area contributed by atoms with Crippen LogP contribution >= 0.6 is 0 Å². The largest absolute Gasteiger partial charge is 0.401 e. The molecule has 2 aliphatic carbocycles. The average molecular weight is 1990 g/mol. The van der Waals surface area contributed by atoms with Gasteiger partial charge in [-0.05, 0) is 325 Å². The number of aliphatic hydroxyl groups excluding tert-OH is 3. The Morgan fingerprint density at radius 2 is 0.869 bits per heavy atom. The standard InChI is InChI=1S/C9H17N.2C8H14F3N.C8H16FN.C8H10O2S.C8H16O.C8H10.C7H15N.C6H12O.C6H14O.C5H11N.C5H10O.2C5H12O.C4H9N.2C4H10O.C3H8O/c1-8-4-6-10(7-5-8)9-2-3-9;1-7-2-4-12(6-7)5-3-8(9,10)11;1-7-2-4-12(5-3-7)6-8(9,10)11;1-8-2-5-10(6-3-8)7-4-9;1-11(9,10)7-8-5-3-2-4-6-8;1-7-2-4-8(6-9)5-3-7;1-2-8-6-4-3-5-7-8;1-7-3-5-8(2)6-4-7;1-2-6-3-4-7-5-6;1-4-5-6(2,3)7;1-5-3-6(2)4-5;1-2-5-3-6-4-5;1-4-5(2,3)6;1-3-4-5-6-2;1-4-2-5-3-4;1-3-4-5-2;1-2-3-4-5;1-2-3-4/h8-9H,2-7H2,1H3;2*7H,2-6H2,1H3;8H,2-7H2,1H3;2-6H,7H2,1H3;7-9H,2-6H2,1H3;3-7H,2H2,1H3;7H,3-6H2,1-2H3;6H,2-5H2,1H3;7H,4-5H2,1-3H3;5H,3-4H2,1-2H3;5H,2-4H2,1H3;6H,4H2,1-3H3;3-5H2,1-2H3;4-5H,2-3H2,1H3;3-4H2,1-2H3;5H,2-4H2,1H3;4H,2-3H2,1H3/t;7-;;;;;;;;;;;;;;;;/m.1................/s1. The number of hydrogen-bond donors (Lipinski definition) is 6. The van der Waals surface area contributed by atoms with E-state index < -0.39 is 46.4 Å². The third-order valence-electron chi connectivity index (χ3n) is 25.3. The molecule has 2 atom stereocenters. The average Bonchev–Trinajstić information content (AvgIpc) is 1.63. The number of methoxy groups -OCH3 is 2. The van der Waals surface area contributed by atoms with Gasteiger partial charge in [-0.15, -0.1) is 0 Å². The van der Waals surface area contributed by atoms with Gasteiger partial charge in [-0.2, -0.15) is 26.3 Å². The van der Waals surface area contributed by atoms with Crippen LogP contribution in [0.25, 0.3) is 0 Å². The molecule has 9 aliphatic heterocycles. The molecule has 137 heavy (non-hydrogen) atoms. The third kappa shape index (κ3) is 104. The molecule has 1 unspecified atom stereocenters. The molecule has 0 bridgehead atoms. The van der Waals surface area contributed by atoms with E-state index in [2.05, 4.69) is 167 Å². The third-order valence-corrected chi connectivity index (χ3v) is 26.1. The van der Waals surface area contributed by atoms with E-state index >= 15 is 0 Å². The molecule has 2 aromatic carbocycles. The predicted molar refractivity (Wildman–Crippen MR) is 569 cm³/mol. The Labute approximate surface area is 839 Å². The van der Waals surface area contributed by atoms with E-state index in [9.17, 15) is 39.2 Å².